The molecule has 2 aliphatic rings. The van der Waals surface area contributed by atoms with Crippen LogP contribution in [0, 0.1) is 0 Å². The van der Waals surface area contributed by atoms with E-state index in [1.54, 1.807) is 11.3 Å². The lowest BCUT2D eigenvalue weighted by molar-refractivity contribution is -0.130. The minimum Gasteiger partial charge on any atom is -0.357 e. The van der Waals surface area contributed by atoms with Crippen LogP contribution in [0.5, 0.6) is 0 Å². The lowest BCUT2D eigenvalue weighted by atomic mass is 10.1. The number of thiophene rings is 1. The van der Waals surface area contributed by atoms with Gasteiger partial charge in [0.15, 0.2) is 5.96 Å². The first kappa shape index (κ1) is 25.0. The highest BCUT2D eigenvalue weighted by atomic mass is 127. The van der Waals surface area contributed by atoms with E-state index in [2.05, 4.69) is 76.2 Å². The molecule has 0 saturated carbocycles. The highest BCUT2D eigenvalue weighted by molar-refractivity contribution is 14.0. The first-order valence-corrected chi connectivity index (χ1v) is 12.2. The number of likely N-dealkylation sites (tertiary alicyclic amines) is 1. The number of fused-ring (bicyclic) bond motifs is 1. The van der Waals surface area contributed by atoms with Crippen molar-refractivity contribution in [3.05, 3.63) is 57.8 Å². The number of rotatable bonds is 6. The second kappa shape index (κ2) is 12.0. The molecule has 1 aromatic heterocycles. The molecule has 8 heteroatoms. The Kier molecular flexibility index (Phi) is 9.36. The normalized spacial score (nSPS) is 21.1. The summed E-state index contributed by atoms with van der Waals surface area (Å²) >= 11 is 1.79. The number of hydrogen-bond acceptors (Lipinski definition) is 4. The monoisotopic (exact) mass is 567 g/mol. The van der Waals surface area contributed by atoms with E-state index in [0.717, 1.165) is 45.0 Å². The van der Waals surface area contributed by atoms with Gasteiger partial charge in [0.25, 0.3) is 0 Å². The van der Waals surface area contributed by atoms with E-state index in [1.165, 1.54) is 16.0 Å². The summed E-state index contributed by atoms with van der Waals surface area (Å²) in [5.74, 6) is 0.836. The van der Waals surface area contributed by atoms with Crippen LogP contribution in [-0.4, -0.2) is 59.9 Å². The summed E-state index contributed by atoms with van der Waals surface area (Å²) in [6.07, 6.45) is 2.02. The Morgan fingerprint density at radius 1 is 1.25 bits per heavy atom. The van der Waals surface area contributed by atoms with Crippen molar-refractivity contribution < 1.29 is 4.79 Å². The predicted molar refractivity (Wildman–Crippen MR) is 143 cm³/mol. The number of carbonyl (C=O) groups excluding carboxylic acids is 1. The summed E-state index contributed by atoms with van der Waals surface area (Å²) in [6, 6.07) is 13.6. The number of hydrogen-bond donors (Lipinski definition) is 2. The molecule has 2 N–H and O–H groups in total. The first-order valence-electron chi connectivity index (χ1n) is 11.3. The lowest BCUT2D eigenvalue weighted by Crippen LogP contribution is -2.45. The molecule has 6 nitrogen and oxygen atoms in total. The average molecular weight is 568 g/mol. The third-order valence-electron chi connectivity index (χ3n) is 6.15. The fourth-order valence-electron chi connectivity index (χ4n) is 4.46. The minimum atomic E-state index is 0. The third kappa shape index (κ3) is 6.45. The molecule has 2 atom stereocenters. The van der Waals surface area contributed by atoms with Gasteiger partial charge < -0.3 is 15.5 Å². The predicted octanol–water partition coefficient (Wildman–Crippen LogP) is 3.47. The summed E-state index contributed by atoms with van der Waals surface area (Å²) in [5, 5.41) is 8.99. The van der Waals surface area contributed by atoms with Gasteiger partial charge in [0, 0.05) is 49.7 Å². The van der Waals surface area contributed by atoms with Crippen LogP contribution in [0.15, 0.2) is 46.8 Å². The number of amides is 1. The molecule has 0 spiro atoms. The Hall–Kier alpha value is -1.65. The Balaban J connectivity index is 0.00000289. The van der Waals surface area contributed by atoms with Gasteiger partial charge in [-0.3, -0.25) is 9.69 Å². The number of nitrogens with one attached hydrogen (secondary N) is 2. The van der Waals surface area contributed by atoms with Crippen LogP contribution in [0.2, 0.25) is 0 Å². The lowest BCUT2D eigenvalue weighted by Gasteiger charge is -2.26. The van der Waals surface area contributed by atoms with Crippen molar-refractivity contribution >= 4 is 47.2 Å². The van der Waals surface area contributed by atoms with Crippen molar-refractivity contribution in [2.45, 2.75) is 51.9 Å². The van der Waals surface area contributed by atoms with Gasteiger partial charge in [-0.05, 0) is 49.3 Å². The van der Waals surface area contributed by atoms with Crippen LogP contribution in [0.4, 0.5) is 0 Å². The molecule has 4 rings (SSSR count). The first-order chi connectivity index (χ1) is 15.1. The van der Waals surface area contributed by atoms with E-state index in [1.807, 2.05) is 4.90 Å². The molecule has 0 radical (unpaired) electrons. The largest absolute Gasteiger partial charge is 0.357 e. The van der Waals surface area contributed by atoms with Gasteiger partial charge in [-0.25, -0.2) is 4.99 Å². The average Bonchev–Trinajstić information content (AvgIpc) is 3.38. The van der Waals surface area contributed by atoms with Crippen molar-refractivity contribution in [1.82, 2.24) is 20.4 Å². The Labute approximate surface area is 212 Å². The summed E-state index contributed by atoms with van der Waals surface area (Å²) in [5.41, 5.74) is 2.63. The molecular weight excluding hydrogens is 533 g/mol. The molecule has 2 aromatic rings. The van der Waals surface area contributed by atoms with Crippen LogP contribution < -0.4 is 10.6 Å². The topological polar surface area (TPSA) is 60.0 Å². The van der Waals surface area contributed by atoms with Crippen LogP contribution in [0.3, 0.4) is 0 Å². The van der Waals surface area contributed by atoms with E-state index in [4.69, 9.17) is 0 Å². The zero-order valence-electron chi connectivity index (χ0n) is 18.9. The Morgan fingerprint density at radius 2 is 2.06 bits per heavy atom. The summed E-state index contributed by atoms with van der Waals surface area (Å²) in [7, 11) is 0. The molecule has 1 saturated heterocycles. The number of nitrogens with zero attached hydrogens (tertiary/aromatic N) is 3. The van der Waals surface area contributed by atoms with Crippen molar-refractivity contribution in [3.8, 4) is 0 Å². The van der Waals surface area contributed by atoms with Crippen molar-refractivity contribution in [1.29, 1.82) is 0 Å². The fourth-order valence-corrected chi connectivity index (χ4v) is 5.35. The zero-order chi connectivity index (χ0) is 21.6. The third-order valence-corrected chi connectivity index (χ3v) is 7.17. The maximum Gasteiger partial charge on any atom is 0.244 e. The number of benzene rings is 1. The highest BCUT2D eigenvalue weighted by Gasteiger charge is 2.29. The molecule has 1 amide bonds. The van der Waals surface area contributed by atoms with Gasteiger partial charge in [0.2, 0.25) is 5.91 Å². The summed E-state index contributed by atoms with van der Waals surface area (Å²) < 4.78 is 0. The van der Waals surface area contributed by atoms with E-state index >= 15 is 0 Å². The van der Waals surface area contributed by atoms with E-state index < -0.39 is 0 Å². The molecule has 2 unspecified atom stereocenters. The van der Waals surface area contributed by atoms with Gasteiger partial charge in [-0.2, -0.15) is 0 Å². The van der Waals surface area contributed by atoms with Gasteiger partial charge in [-0.15, -0.1) is 35.3 Å². The maximum atomic E-state index is 12.7. The summed E-state index contributed by atoms with van der Waals surface area (Å²) in [6.45, 7) is 8.75. The van der Waals surface area contributed by atoms with Crippen molar-refractivity contribution in [3.63, 3.8) is 0 Å². The molecule has 0 bridgehead atoms. The van der Waals surface area contributed by atoms with Crippen LogP contribution >= 0.6 is 35.3 Å². The van der Waals surface area contributed by atoms with Gasteiger partial charge in [-0.1, -0.05) is 30.3 Å². The second-order valence-corrected chi connectivity index (χ2v) is 9.47. The SMILES string of the molecule is CCNC(=NCC(=O)N1CCc2sccc2C1)NC1CC(C)N(Cc2ccccc2)C1.I. The molecule has 174 valence electrons. The molecular formula is C24H34IN5OS. The number of carbonyl (C=O) groups is 1. The fraction of sp³-hybridized carbons (Fsp3) is 0.500. The van der Waals surface area contributed by atoms with Crippen LogP contribution in [0.1, 0.15) is 36.3 Å². The molecule has 1 fully saturated rings. The zero-order valence-corrected chi connectivity index (χ0v) is 22.1. The van der Waals surface area contributed by atoms with Gasteiger partial charge in [0.1, 0.15) is 6.54 Å². The standard InChI is InChI=1S/C24H33N5OS.HI/c1-3-25-24(26-14-23(30)28-11-9-22-20(16-28)10-12-31-22)27-21-13-18(2)29(17-21)15-19-7-5-4-6-8-19;/h4-8,10,12,18,21H,3,9,11,13-17H2,1-2H3,(H2,25,26,27);1H. The van der Waals surface area contributed by atoms with E-state index in [-0.39, 0.29) is 36.4 Å². The highest BCUT2D eigenvalue weighted by Crippen LogP contribution is 2.24. The Morgan fingerprint density at radius 3 is 2.84 bits per heavy atom. The molecule has 0 aliphatic carbocycles. The maximum absolute atomic E-state index is 12.7. The molecule has 3 heterocycles. The number of halogens is 1. The van der Waals surface area contributed by atoms with Crippen molar-refractivity contribution in [2.24, 2.45) is 4.99 Å². The Bertz CT molecular complexity index is 903. The van der Waals surface area contributed by atoms with Gasteiger partial charge in [0.05, 0.1) is 0 Å². The summed E-state index contributed by atoms with van der Waals surface area (Å²) in [4.78, 5) is 23.2. The quantitative estimate of drug-likeness (QED) is 0.319. The smallest absolute Gasteiger partial charge is 0.244 e. The van der Waals surface area contributed by atoms with Gasteiger partial charge >= 0.3 is 0 Å². The van der Waals surface area contributed by atoms with E-state index in [9.17, 15) is 4.79 Å². The van der Waals surface area contributed by atoms with Crippen LogP contribution in [-0.2, 0) is 24.3 Å². The second-order valence-electron chi connectivity index (χ2n) is 8.47. The van der Waals surface area contributed by atoms with E-state index in [0.29, 0.717) is 18.6 Å². The molecule has 2 aliphatic heterocycles. The molecule has 32 heavy (non-hydrogen) atoms. The number of aliphatic imine (C=N–C) groups is 1. The van der Waals surface area contributed by atoms with Crippen LogP contribution in [0.25, 0.3) is 0 Å². The number of guanidine groups is 1. The minimum absolute atomic E-state index is 0. The molecule has 1 aromatic carbocycles. The van der Waals surface area contributed by atoms with Crippen molar-refractivity contribution in [2.75, 3.05) is 26.2 Å².